The normalized spacial score (nSPS) is 16.3. The summed E-state index contributed by atoms with van der Waals surface area (Å²) < 4.78 is 32.5. The molecule has 0 spiro atoms. The van der Waals surface area contributed by atoms with Crippen molar-refractivity contribution in [3.63, 3.8) is 0 Å². The molecular formula is C19H21ClN2O4S. The molecule has 0 radical (unpaired) electrons. The number of rotatable bonds is 6. The van der Waals surface area contributed by atoms with Crippen LogP contribution in [0.2, 0.25) is 5.02 Å². The van der Waals surface area contributed by atoms with Gasteiger partial charge in [0.15, 0.2) is 0 Å². The lowest BCUT2D eigenvalue weighted by Crippen LogP contribution is -2.35. The second kappa shape index (κ2) is 7.88. The van der Waals surface area contributed by atoms with Crippen molar-refractivity contribution in [2.45, 2.75) is 24.3 Å². The molecule has 0 bridgehead atoms. The third kappa shape index (κ3) is 3.95. The monoisotopic (exact) mass is 408 g/mol. The minimum atomic E-state index is -3.71. The number of hydrogen-bond acceptors (Lipinski definition) is 4. The van der Waals surface area contributed by atoms with Gasteiger partial charge in [-0.25, -0.2) is 8.42 Å². The quantitative estimate of drug-likeness (QED) is 0.746. The predicted octanol–water partition coefficient (Wildman–Crippen LogP) is 2.86. The molecule has 2 aromatic rings. The van der Waals surface area contributed by atoms with Crippen molar-refractivity contribution in [1.82, 2.24) is 5.32 Å². The van der Waals surface area contributed by atoms with Crippen LogP contribution in [0.25, 0.3) is 0 Å². The number of benzene rings is 2. The van der Waals surface area contributed by atoms with Gasteiger partial charge in [-0.05, 0) is 61.4 Å². The van der Waals surface area contributed by atoms with E-state index in [-0.39, 0.29) is 16.8 Å². The molecule has 0 saturated heterocycles. The van der Waals surface area contributed by atoms with Crippen molar-refractivity contribution in [1.29, 1.82) is 0 Å². The lowest BCUT2D eigenvalue weighted by Gasteiger charge is -2.24. The van der Waals surface area contributed by atoms with Crippen LogP contribution in [0, 0.1) is 0 Å². The fraction of sp³-hybridized carbons (Fsp3) is 0.316. The zero-order valence-electron chi connectivity index (χ0n) is 15.1. The van der Waals surface area contributed by atoms with E-state index >= 15 is 0 Å². The van der Waals surface area contributed by atoms with Crippen LogP contribution in [0.4, 0.5) is 5.69 Å². The van der Waals surface area contributed by atoms with Crippen molar-refractivity contribution >= 4 is 33.2 Å². The van der Waals surface area contributed by atoms with E-state index in [1.165, 1.54) is 16.4 Å². The minimum absolute atomic E-state index is 0.188. The predicted molar refractivity (Wildman–Crippen MR) is 105 cm³/mol. The van der Waals surface area contributed by atoms with Crippen molar-refractivity contribution < 1.29 is 17.9 Å². The molecule has 1 heterocycles. The molecule has 0 fully saturated rings. The first-order valence-corrected chi connectivity index (χ1v) is 10.4. The summed E-state index contributed by atoms with van der Waals surface area (Å²) in [6.07, 6.45) is 0.543. The second-order valence-corrected chi connectivity index (χ2v) is 8.65. The zero-order valence-corrected chi connectivity index (χ0v) is 16.7. The van der Waals surface area contributed by atoms with Gasteiger partial charge in [-0.1, -0.05) is 11.6 Å². The Morgan fingerprint density at radius 2 is 1.96 bits per heavy atom. The fourth-order valence-electron chi connectivity index (χ4n) is 3.20. The number of carbonyl (C=O) groups excluding carboxylic acids is 1. The summed E-state index contributed by atoms with van der Waals surface area (Å²) in [5, 5.41) is 3.25. The van der Waals surface area contributed by atoms with E-state index in [9.17, 15) is 13.2 Å². The van der Waals surface area contributed by atoms with Crippen LogP contribution in [0.15, 0.2) is 47.4 Å². The number of halogens is 1. The van der Waals surface area contributed by atoms with Crippen molar-refractivity contribution in [2.75, 3.05) is 24.6 Å². The summed E-state index contributed by atoms with van der Waals surface area (Å²) in [5.74, 6) is -0.207. The van der Waals surface area contributed by atoms with E-state index in [1.807, 2.05) is 6.92 Å². The van der Waals surface area contributed by atoms with Crippen LogP contribution in [0.3, 0.4) is 0 Å². The molecule has 6 nitrogen and oxygen atoms in total. The maximum atomic E-state index is 13.1. The second-order valence-electron chi connectivity index (χ2n) is 6.40. The lowest BCUT2D eigenvalue weighted by molar-refractivity contribution is 0.0937. The number of amides is 1. The third-order valence-electron chi connectivity index (χ3n) is 4.46. The van der Waals surface area contributed by atoms with Crippen LogP contribution in [-0.4, -0.2) is 40.6 Å². The molecule has 0 saturated carbocycles. The molecular weight excluding hydrogens is 388 g/mol. The highest BCUT2D eigenvalue weighted by Crippen LogP contribution is 2.37. The SMILES string of the molecule is COCCNC(=O)c1ccc2c(c1)C[C@H](C)N2S(=O)(=O)c1ccc(Cl)cc1. The number of ether oxygens (including phenoxy) is 1. The van der Waals surface area contributed by atoms with Gasteiger partial charge >= 0.3 is 0 Å². The van der Waals surface area contributed by atoms with E-state index in [0.717, 1.165) is 5.56 Å². The van der Waals surface area contributed by atoms with Gasteiger partial charge in [-0.3, -0.25) is 9.10 Å². The van der Waals surface area contributed by atoms with E-state index in [1.54, 1.807) is 37.4 Å². The largest absolute Gasteiger partial charge is 0.383 e. The molecule has 2 aromatic carbocycles. The van der Waals surface area contributed by atoms with Crippen LogP contribution >= 0.6 is 11.6 Å². The van der Waals surface area contributed by atoms with Gasteiger partial charge in [0.05, 0.1) is 17.2 Å². The Morgan fingerprint density at radius 3 is 2.63 bits per heavy atom. The first kappa shape index (κ1) is 19.7. The Balaban J connectivity index is 1.89. The van der Waals surface area contributed by atoms with Crippen LogP contribution < -0.4 is 9.62 Å². The molecule has 3 rings (SSSR count). The average molecular weight is 409 g/mol. The lowest BCUT2D eigenvalue weighted by atomic mass is 10.1. The minimum Gasteiger partial charge on any atom is -0.383 e. The summed E-state index contributed by atoms with van der Waals surface area (Å²) in [6.45, 7) is 2.70. The van der Waals surface area contributed by atoms with E-state index in [2.05, 4.69) is 5.32 Å². The van der Waals surface area contributed by atoms with Gasteiger partial charge in [0.1, 0.15) is 0 Å². The van der Waals surface area contributed by atoms with Crippen LogP contribution in [-0.2, 0) is 21.2 Å². The highest BCUT2D eigenvalue weighted by molar-refractivity contribution is 7.92. The van der Waals surface area contributed by atoms with Gasteiger partial charge in [-0.2, -0.15) is 0 Å². The zero-order chi connectivity index (χ0) is 19.6. The Hall–Kier alpha value is -2.09. The Labute approximate surface area is 164 Å². The molecule has 1 aliphatic rings. The number of sulfonamides is 1. The number of carbonyl (C=O) groups is 1. The first-order valence-electron chi connectivity index (χ1n) is 8.54. The molecule has 1 atom stereocenters. The van der Waals surface area contributed by atoms with Gasteiger partial charge < -0.3 is 10.1 Å². The Bertz CT molecular complexity index is 945. The van der Waals surface area contributed by atoms with E-state index < -0.39 is 10.0 Å². The van der Waals surface area contributed by atoms with Gasteiger partial charge in [0.25, 0.3) is 15.9 Å². The fourth-order valence-corrected chi connectivity index (χ4v) is 5.02. The first-order chi connectivity index (χ1) is 12.8. The number of methoxy groups -OCH3 is 1. The average Bonchev–Trinajstić information content (AvgIpc) is 2.97. The Kier molecular flexibility index (Phi) is 5.74. The van der Waals surface area contributed by atoms with Gasteiger partial charge in [-0.15, -0.1) is 0 Å². The van der Waals surface area contributed by atoms with Crippen LogP contribution in [0.5, 0.6) is 0 Å². The molecule has 1 N–H and O–H groups in total. The summed E-state index contributed by atoms with van der Waals surface area (Å²) in [5.41, 5.74) is 1.94. The summed E-state index contributed by atoms with van der Waals surface area (Å²) >= 11 is 5.87. The number of nitrogens with zero attached hydrogens (tertiary/aromatic N) is 1. The maximum absolute atomic E-state index is 13.1. The molecule has 27 heavy (non-hydrogen) atoms. The number of hydrogen-bond donors (Lipinski definition) is 1. The van der Waals surface area contributed by atoms with Crippen molar-refractivity contribution in [3.05, 3.63) is 58.6 Å². The maximum Gasteiger partial charge on any atom is 0.264 e. The number of anilines is 1. The molecule has 1 aliphatic heterocycles. The standard InChI is InChI=1S/C19H21ClN2O4S/c1-13-11-15-12-14(19(23)21-9-10-26-2)3-8-18(15)22(13)27(24,25)17-6-4-16(20)5-7-17/h3-8,12-13H,9-11H2,1-2H3,(H,21,23)/t13-/m0/s1. The molecule has 8 heteroatoms. The number of nitrogens with one attached hydrogen (secondary N) is 1. The highest BCUT2D eigenvalue weighted by Gasteiger charge is 2.36. The molecule has 144 valence electrons. The molecule has 1 amide bonds. The van der Waals surface area contributed by atoms with Crippen molar-refractivity contribution in [3.8, 4) is 0 Å². The van der Waals surface area contributed by atoms with Crippen molar-refractivity contribution in [2.24, 2.45) is 0 Å². The van der Waals surface area contributed by atoms with Gasteiger partial charge in [0.2, 0.25) is 0 Å². The Morgan fingerprint density at radius 1 is 1.26 bits per heavy atom. The van der Waals surface area contributed by atoms with Gasteiger partial charge in [0, 0.05) is 30.3 Å². The third-order valence-corrected chi connectivity index (χ3v) is 6.65. The molecule has 0 unspecified atom stereocenters. The summed E-state index contributed by atoms with van der Waals surface area (Å²) in [6, 6.07) is 11.0. The van der Waals surface area contributed by atoms with E-state index in [0.29, 0.717) is 35.8 Å². The highest BCUT2D eigenvalue weighted by atomic mass is 35.5. The molecule has 0 aliphatic carbocycles. The van der Waals surface area contributed by atoms with E-state index in [4.69, 9.17) is 16.3 Å². The summed E-state index contributed by atoms with van der Waals surface area (Å²) in [4.78, 5) is 12.4. The molecule has 0 aromatic heterocycles. The number of fused-ring (bicyclic) bond motifs is 1. The van der Waals surface area contributed by atoms with Crippen LogP contribution in [0.1, 0.15) is 22.8 Å². The summed E-state index contributed by atoms with van der Waals surface area (Å²) in [7, 11) is -2.14. The topological polar surface area (TPSA) is 75.7 Å². The smallest absolute Gasteiger partial charge is 0.264 e.